The Morgan fingerprint density at radius 2 is 1.97 bits per heavy atom. The van der Waals surface area contributed by atoms with Crippen LogP contribution in [0.5, 0.6) is 0 Å². The van der Waals surface area contributed by atoms with Gasteiger partial charge in [-0.3, -0.25) is 14.6 Å². The van der Waals surface area contributed by atoms with E-state index in [0.29, 0.717) is 33.8 Å². The number of carbonyl (C=O) groups excluding carboxylic acids is 1. The van der Waals surface area contributed by atoms with Gasteiger partial charge < -0.3 is 4.74 Å². The van der Waals surface area contributed by atoms with Crippen LogP contribution in [0.15, 0.2) is 40.0 Å². The molecule has 2 heterocycles. The third-order valence-electron chi connectivity index (χ3n) is 4.14. The topological polar surface area (TPSA) is 103 Å². The highest BCUT2D eigenvalue weighted by Crippen LogP contribution is 2.28. The summed E-state index contributed by atoms with van der Waals surface area (Å²) in [4.78, 5) is 32.8. The molecule has 0 aliphatic carbocycles. The molecule has 0 amide bonds. The Labute approximate surface area is 182 Å². The van der Waals surface area contributed by atoms with Crippen molar-refractivity contribution in [2.75, 3.05) is 12.9 Å². The number of nitrogens with zero attached hydrogens (tertiary/aromatic N) is 2. The molecular formula is C20H19ClN2O5S2. The predicted molar refractivity (Wildman–Crippen MR) is 117 cm³/mol. The van der Waals surface area contributed by atoms with E-state index in [1.807, 2.05) is 6.92 Å². The van der Waals surface area contributed by atoms with Crippen LogP contribution in [0.2, 0.25) is 5.02 Å². The van der Waals surface area contributed by atoms with Crippen molar-refractivity contribution in [1.82, 2.24) is 9.97 Å². The number of pyridine rings is 1. The van der Waals surface area contributed by atoms with Crippen LogP contribution < -0.4 is 5.56 Å². The van der Waals surface area contributed by atoms with Gasteiger partial charge in [-0.1, -0.05) is 18.5 Å². The Morgan fingerprint density at radius 3 is 2.67 bits per heavy atom. The van der Waals surface area contributed by atoms with E-state index in [4.69, 9.17) is 16.3 Å². The third kappa shape index (κ3) is 5.41. The smallest absolute Gasteiger partial charge is 0.306 e. The SMILES string of the molecule is CCCOC(=O)CCc1cc(S(C)(=O)=O)cc(-c2nc(=O)c3ccc(Cl)cc3s2)n1. The van der Waals surface area contributed by atoms with Gasteiger partial charge in [0.1, 0.15) is 10.7 Å². The number of hydrogen-bond acceptors (Lipinski definition) is 8. The van der Waals surface area contributed by atoms with E-state index in [-0.39, 0.29) is 34.4 Å². The molecule has 0 fully saturated rings. The molecule has 0 N–H and O–H groups in total. The van der Waals surface area contributed by atoms with E-state index in [2.05, 4.69) is 9.97 Å². The summed E-state index contributed by atoms with van der Waals surface area (Å²) < 4.78 is 30.0. The molecule has 1 aromatic carbocycles. The van der Waals surface area contributed by atoms with Gasteiger partial charge in [-0.2, -0.15) is 4.98 Å². The van der Waals surface area contributed by atoms with Gasteiger partial charge in [-0.05, 0) is 36.8 Å². The Morgan fingerprint density at radius 1 is 1.20 bits per heavy atom. The maximum atomic E-state index is 12.4. The van der Waals surface area contributed by atoms with Gasteiger partial charge >= 0.3 is 5.97 Å². The lowest BCUT2D eigenvalue weighted by Gasteiger charge is -2.08. The van der Waals surface area contributed by atoms with Crippen LogP contribution in [-0.2, 0) is 25.8 Å². The number of ether oxygens (including phenoxy) is 1. The number of sulfone groups is 1. The number of rotatable bonds is 7. The monoisotopic (exact) mass is 466 g/mol. The first-order valence-corrected chi connectivity index (χ1v) is 12.2. The first kappa shape index (κ1) is 22.3. The highest BCUT2D eigenvalue weighted by Gasteiger charge is 2.16. The summed E-state index contributed by atoms with van der Waals surface area (Å²) >= 11 is 7.22. The summed E-state index contributed by atoms with van der Waals surface area (Å²) in [5.74, 6) is -0.381. The molecule has 0 atom stereocenters. The van der Waals surface area contributed by atoms with Crippen LogP contribution >= 0.6 is 22.9 Å². The quantitative estimate of drug-likeness (QED) is 0.489. The minimum atomic E-state index is -3.55. The summed E-state index contributed by atoms with van der Waals surface area (Å²) in [6.45, 7) is 2.23. The van der Waals surface area contributed by atoms with Crippen LogP contribution in [0.1, 0.15) is 25.5 Å². The first-order valence-electron chi connectivity index (χ1n) is 9.15. The van der Waals surface area contributed by atoms with Crippen LogP contribution in [0.3, 0.4) is 0 Å². The molecule has 0 unspecified atom stereocenters. The average Bonchev–Trinajstić information content (AvgIpc) is 2.69. The van der Waals surface area contributed by atoms with E-state index in [1.165, 1.54) is 23.5 Å². The number of hydrogen-bond donors (Lipinski definition) is 0. The van der Waals surface area contributed by atoms with Gasteiger partial charge in [-0.25, -0.2) is 8.42 Å². The lowest BCUT2D eigenvalue weighted by molar-refractivity contribution is -0.143. The van der Waals surface area contributed by atoms with E-state index in [9.17, 15) is 18.0 Å². The Balaban J connectivity index is 2.05. The number of benzene rings is 1. The summed E-state index contributed by atoms with van der Waals surface area (Å²) in [6.07, 6.45) is 2.07. The fourth-order valence-electron chi connectivity index (χ4n) is 2.68. The van der Waals surface area contributed by atoms with Gasteiger partial charge in [0, 0.05) is 28.1 Å². The zero-order chi connectivity index (χ0) is 21.9. The minimum Gasteiger partial charge on any atom is -0.466 e. The van der Waals surface area contributed by atoms with E-state index < -0.39 is 15.4 Å². The second-order valence-electron chi connectivity index (χ2n) is 6.64. The van der Waals surface area contributed by atoms with E-state index >= 15 is 0 Å². The highest BCUT2D eigenvalue weighted by atomic mass is 35.5. The van der Waals surface area contributed by atoms with Crippen molar-refractivity contribution >= 4 is 48.8 Å². The molecule has 0 spiro atoms. The predicted octanol–water partition coefficient (Wildman–Crippen LogP) is 3.66. The summed E-state index contributed by atoms with van der Waals surface area (Å²) in [5.41, 5.74) is 0.194. The molecule has 0 saturated carbocycles. The van der Waals surface area contributed by atoms with Gasteiger partial charge in [0.2, 0.25) is 0 Å². The van der Waals surface area contributed by atoms with E-state index in [1.54, 1.807) is 18.2 Å². The zero-order valence-corrected chi connectivity index (χ0v) is 18.7. The fourth-order valence-corrected chi connectivity index (χ4v) is 4.59. The molecule has 158 valence electrons. The summed E-state index contributed by atoms with van der Waals surface area (Å²) in [5, 5.41) is 1.17. The largest absolute Gasteiger partial charge is 0.466 e. The highest BCUT2D eigenvalue weighted by molar-refractivity contribution is 7.90. The molecule has 2 aromatic heterocycles. The number of aromatic nitrogens is 2. The molecule has 0 radical (unpaired) electrons. The number of fused-ring (bicyclic) bond motifs is 1. The number of aryl methyl sites for hydroxylation is 1. The standard InChI is InChI=1S/C20H19ClN2O5S2/c1-3-8-28-18(24)7-5-13-10-14(30(2,26)27)11-16(22-13)20-23-19(25)15-6-4-12(21)9-17(15)29-20/h4,6,9-11H,3,5,7-8H2,1-2H3. The van der Waals surface area contributed by atoms with Gasteiger partial charge in [0.25, 0.3) is 5.56 Å². The maximum Gasteiger partial charge on any atom is 0.306 e. The molecule has 7 nitrogen and oxygen atoms in total. The Kier molecular flexibility index (Phi) is 6.84. The van der Waals surface area contributed by atoms with Crippen LogP contribution in [0.4, 0.5) is 0 Å². The normalized spacial score (nSPS) is 11.6. The van der Waals surface area contributed by atoms with Crippen molar-refractivity contribution in [2.45, 2.75) is 31.1 Å². The second kappa shape index (κ2) is 9.20. The van der Waals surface area contributed by atoms with E-state index in [0.717, 1.165) is 6.26 Å². The average molecular weight is 467 g/mol. The minimum absolute atomic E-state index is 0.0389. The lowest BCUT2D eigenvalue weighted by Crippen LogP contribution is -2.09. The summed E-state index contributed by atoms with van der Waals surface area (Å²) in [6, 6.07) is 7.66. The zero-order valence-electron chi connectivity index (χ0n) is 16.3. The van der Waals surface area contributed by atoms with Gasteiger partial charge in [0.15, 0.2) is 9.84 Å². The lowest BCUT2D eigenvalue weighted by atomic mass is 10.2. The van der Waals surface area contributed by atoms with Crippen molar-refractivity contribution in [3.05, 3.63) is 51.4 Å². The third-order valence-corrected chi connectivity index (χ3v) is 6.51. The molecule has 0 aliphatic rings. The van der Waals surface area contributed by atoms with Crippen molar-refractivity contribution in [3.63, 3.8) is 0 Å². The number of esters is 1. The maximum absolute atomic E-state index is 12.4. The van der Waals surface area contributed by atoms with Gasteiger partial charge in [0.05, 0.1) is 23.3 Å². The molecule has 0 bridgehead atoms. The number of halogens is 1. The van der Waals surface area contributed by atoms with Crippen LogP contribution in [-0.4, -0.2) is 37.2 Å². The van der Waals surface area contributed by atoms with Gasteiger partial charge in [-0.15, -0.1) is 11.3 Å². The molecule has 0 aliphatic heterocycles. The molecule has 3 aromatic rings. The Hall–Kier alpha value is -2.36. The fraction of sp³-hybridized carbons (Fsp3) is 0.300. The second-order valence-corrected chi connectivity index (χ2v) is 10.1. The van der Waals surface area contributed by atoms with Crippen molar-refractivity contribution in [1.29, 1.82) is 0 Å². The molecule has 0 saturated heterocycles. The Bertz CT molecular complexity index is 1270. The molecule has 10 heteroatoms. The van der Waals surface area contributed by atoms with Crippen molar-refractivity contribution in [2.24, 2.45) is 0 Å². The van der Waals surface area contributed by atoms with Crippen LogP contribution in [0.25, 0.3) is 20.8 Å². The molecule has 30 heavy (non-hydrogen) atoms. The first-order chi connectivity index (χ1) is 14.2. The summed E-state index contributed by atoms with van der Waals surface area (Å²) in [7, 11) is -3.55. The van der Waals surface area contributed by atoms with Crippen molar-refractivity contribution in [3.8, 4) is 10.7 Å². The number of carbonyl (C=O) groups is 1. The van der Waals surface area contributed by atoms with Crippen molar-refractivity contribution < 1.29 is 17.9 Å². The molecule has 3 rings (SSSR count). The molecular weight excluding hydrogens is 448 g/mol. The van der Waals surface area contributed by atoms with Crippen LogP contribution in [0, 0.1) is 0 Å².